The highest BCUT2D eigenvalue weighted by Gasteiger charge is 2.06. The topological polar surface area (TPSA) is 26.5 Å². The van der Waals surface area contributed by atoms with Gasteiger partial charge in [0, 0.05) is 11.9 Å². The zero-order valence-corrected chi connectivity index (χ0v) is 11.8. The Labute approximate surface area is 124 Å². The van der Waals surface area contributed by atoms with Crippen LogP contribution in [0.3, 0.4) is 0 Å². The summed E-state index contributed by atoms with van der Waals surface area (Å²) in [6.07, 6.45) is 3.78. The number of fused-ring (bicyclic) bond motifs is 1. The predicted octanol–water partition coefficient (Wildman–Crippen LogP) is 4.23. The van der Waals surface area contributed by atoms with Crippen molar-refractivity contribution in [2.24, 2.45) is 0 Å². The minimum absolute atomic E-state index is 0.171. The highest BCUT2D eigenvalue weighted by molar-refractivity contribution is 7.98. The summed E-state index contributed by atoms with van der Waals surface area (Å²) in [6, 6.07) is 12.6. The molecule has 0 radical (unpaired) electrons. The summed E-state index contributed by atoms with van der Waals surface area (Å²) < 4.78 is 30.5. The number of benzene rings is 1. The molecule has 0 fully saturated rings. The molecule has 2 aromatic heterocycles. The summed E-state index contributed by atoms with van der Waals surface area (Å²) in [5.74, 6) is 0.883. The van der Waals surface area contributed by atoms with Crippen molar-refractivity contribution in [2.45, 2.75) is 17.5 Å². The molecule has 21 heavy (non-hydrogen) atoms. The number of thioether (sulfide) groups is 1. The molecule has 3 rings (SSSR count). The van der Waals surface area contributed by atoms with E-state index in [9.17, 15) is 8.78 Å². The van der Waals surface area contributed by atoms with Crippen LogP contribution in [0, 0.1) is 0 Å². The summed E-state index contributed by atoms with van der Waals surface area (Å²) in [4.78, 5) is 4.37. The summed E-state index contributed by atoms with van der Waals surface area (Å²) in [5, 5.41) is 0.901. The van der Waals surface area contributed by atoms with Crippen LogP contribution in [0.4, 0.5) is 8.78 Å². The molecular weight excluding hydrogens is 294 g/mol. The normalized spacial score (nSPS) is 11.2. The minimum Gasteiger partial charge on any atom is -0.435 e. The number of halogens is 2. The SMILES string of the molecule is FC(F)Oc1ccc(CSc2ncc3ccccn23)cc1. The van der Waals surface area contributed by atoms with Gasteiger partial charge in [0.2, 0.25) is 0 Å². The van der Waals surface area contributed by atoms with Crippen LogP contribution in [0.15, 0.2) is 60.0 Å². The Hall–Kier alpha value is -2.08. The average Bonchev–Trinajstić information content (AvgIpc) is 2.89. The van der Waals surface area contributed by atoms with Crippen molar-refractivity contribution >= 4 is 17.3 Å². The van der Waals surface area contributed by atoms with Crippen molar-refractivity contribution in [3.8, 4) is 5.75 Å². The molecule has 1 aromatic carbocycles. The lowest BCUT2D eigenvalue weighted by Crippen LogP contribution is -2.01. The van der Waals surface area contributed by atoms with Gasteiger partial charge >= 0.3 is 6.61 Å². The van der Waals surface area contributed by atoms with Gasteiger partial charge in [0.15, 0.2) is 5.16 Å². The predicted molar refractivity (Wildman–Crippen MR) is 77.8 cm³/mol. The van der Waals surface area contributed by atoms with Crippen LogP contribution in [-0.4, -0.2) is 16.0 Å². The second kappa shape index (κ2) is 6.13. The largest absolute Gasteiger partial charge is 0.435 e. The van der Waals surface area contributed by atoms with Gasteiger partial charge in [0.1, 0.15) is 5.75 Å². The van der Waals surface area contributed by atoms with Crippen molar-refractivity contribution in [1.29, 1.82) is 0 Å². The molecule has 0 saturated carbocycles. The van der Waals surface area contributed by atoms with Crippen LogP contribution < -0.4 is 4.74 Å². The van der Waals surface area contributed by atoms with E-state index in [-0.39, 0.29) is 5.75 Å². The van der Waals surface area contributed by atoms with E-state index in [1.165, 1.54) is 0 Å². The molecule has 0 saturated heterocycles. The number of imidazole rings is 1. The Morgan fingerprint density at radius 2 is 1.95 bits per heavy atom. The lowest BCUT2D eigenvalue weighted by molar-refractivity contribution is -0.0498. The zero-order valence-electron chi connectivity index (χ0n) is 10.9. The molecule has 3 nitrogen and oxygen atoms in total. The van der Waals surface area contributed by atoms with Crippen LogP contribution in [0.5, 0.6) is 5.75 Å². The Kier molecular flexibility index (Phi) is 4.06. The van der Waals surface area contributed by atoms with E-state index in [0.717, 1.165) is 16.2 Å². The van der Waals surface area contributed by atoms with Gasteiger partial charge < -0.3 is 4.74 Å². The molecule has 0 aliphatic carbocycles. The van der Waals surface area contributed by atoms with Gasteiger partial charge in [-0.2, -0.15) is 8.78 Å². The maximum absolute atomic E-state index is 12.1. The number of nitrogens with zero attached hydrogens (tertiary/aromatic N) is 2. The van der Waals surface area contributed by atoms with Gasteiger partial charge in [-0.3, -0.25) is 4.40 Å². The molecule has 0 aliphatic rings. The first-order valence-electron chi connectivity index (χ1n) is 6.31. The van der Waals surface area contributed by atoms with E-state index in [2.05, 4.69) is 9.72 Å². The number of rotatable bonds is 5. The number of hydrogen-bond donors (Lipinski definition) is 0. The molecule has 108 valence electrons. The Morgan fingerprint density at radius 3 is 2.71 bits per heavy atom. The van der Waals surface area contributed by atoms with E-state index in [1.807, 2.05) is 35.0 Å². The third-order valence-electron chi connectivity index (χ3n) is 2.92. The maximum Gasteiger partial charge on any atom is 0.387 e. The Morgan fingerprint density at radius 1 is 1.14 bits per heavy atom. The Bertz CT molecular complexity index is 728. The molecular formula is C15H12F2N2OS. The van der Waals surface area contributed by atoms with Crippen LogP contribution in [0.2, 0.25) is 0 Å². The number of pyridine rings is 1. The number of alkyl halides is 2. The van der Waals surface area contributed by atoms with Crippen LogP contribution in [0.1, 0.15) is 5.56 Å². The van der Waals surface area contributed by atoms with Gasteiger partial charge in [-0.1, -0.05) is 30.0 Å². The molecule has 0 bridgehead atoms. The number of hydrogen-bond acceptors (Lipinski definition) is 3. The number of ether oxygens (including phenoxy) is 1. The van der Waals surface area contributed by atoms with Gasteiger partial charge in [0.25, 0.3) is 0 Å². The maximum atomic E-state index is 12.1. The molecule has 2 heterocycles. The first-order valence-corrected chi connectivity index (χ1v) is 7.29. The molecule has 0 unspecified atom stereocenters. The highest BCUT2D eigenvalue weighted by Crippen LogP contribution is 2.24. The smallest absolute Gasteiger partial charge is 0.387 e. The first kappa shape index (κ1) is 13.9. The molecule has 0 atom stereocenters. The first-order chi connectivity index (χ1) is 10.2. The monoisotopic (exact) mass is 306 g/mol. The van der Waals surface area contributed by atoms with Crippen molar-refractivity contribution < 1.29 is 13.5 Å². The molecule has 0 amide bonds. The fourth-order valence-electron chi connectivity index (χ4n) is 1.94. The van der Waals surface area contributed by atoms with Gasteiger partial charge in [-0.15, -0.1) is 0 Å². The van der Waals surface area contributed by atoms with E-state index in [0.29, 0.717) is 5.75 Å². The molecule has 0 aliphatic heterocycles. The lowest BCUT2D eigenvalue weighted by Gasteiger charge is -2.05. The van der Waals surface area contributed by atoms with E-state index >= 15 is 0 Å². The quantitative estimate of drug-likeness (QED) is 0.660. The minimum atomic E-state index is -2.79. The fourth-order valence-corrected chi connectivity index (χ4v) is 2.86. The molecule has 3 aromatic rings. The second-order valence-corrected chi connectivity index (χ2v) is 5.29. The third-order valence-corrected chi connectivity index (χ3v) is 3.96. The van der Waals surface area contributed by atoms with Crippen molar-refractivity contribution in [2.75, 3.05) is 0 Å². The van der Waals surface area contributed by atoms with E-state index < -0.39 is 6.61 Å². The number of aromatic nitrogens is 2. The molecule has 0 spiro atoms. The second-order valence-electron chi connectivity index (χ2n) is 4.35. The van der Waals surface area contributed by atoms with Crippen LogP contribution in [0.25, 0.3) is 5.52 Å². The third kappa shape index (κ3) is 3.33. The van der Waals surface area contributed by atoms with E-state index in [1.54, 1.807) is 36.0 Å². The Balaban J connectivity index is 1.67. The van der Waals surface area contributed by atoms with Crippen molar-refractivity contribution in [3.63, 3.8) is 0 Å². The van der Waals surface area contributed by atoms with Crippen LogP contribution in [-0.2, 0) is 5.75 Å². The standard InChI is InChI=1S/C15H12F2N2OS/c16-14(17)20-13-6-4-11(5-7-13)10-21-15-18-9-12-3-1-2-8-19(12)15/h1-9,14H,10H2. The van der Waals surface area contributed by atoms with E-state index in [4.69, 9.17) is 0 Å². The van der Waals surface area contributed by atoms with Gasteiger partial charge in [0.05, 0.1) is 11.7 Å². The van der Waals surface area contributed by atoms with Crippen molar-refractivity contribution in [3.05, 3.63) is 60.4 Å². The van der Waals surface area contributed by atoms with Crippen LogP contribution >= 0.6 is 11.8 Å². The lowest BCUT2D eigenvalue weighted by atomic mass is 10.2. The highest BCUT2D eigenvalue weighted by atomic mass is 32.2. The van der Waals surface area contributed by atoms with Crippen molar-refractivity contribution in [1.82, 2.24) is 9.38 Å². The average molecular weight is 306 g/mol. The van der Waals surface area contributed by atoms with Gasteiger partial charge in [-0.25, -0.2) is 4.98 Å². The molecule has 6 heteroatoms. The fraction of sp³-hybridized carbons (Fsp3) is 0.133. The van der Waals surface area contributed by atoms with Gasteiger partial charge in [-0.05, 0) is 29.8 Å². The summed E-state index contributed by atoms with van der Waals surface area (Å²) >= 11 is 1.59. The zero-order chi connectivity index (χ0) is 14.7. The summed E-state index contributed by atoms with van der Waals surface area (Å²) in [7, 11) is 0. The molecule has 0 N–H and O–H groups in total. The summed E-state index contributed by atoms with van der Waals surface area (Å²) in [6.45, 7) is -2.79. The summed E-state index contributed by atoms with van der Waals surface area (Å²) in [5.41, 5.74) is 2.06.